The van der Waals surface area contributed by atoms with Crippen LogP contribution in [0.2, 0.25) is 0 Å². The first-order valence-corrected chi connectivity index (χ1v) is 12.4. The van der Waals surface area contributed by atoms with Crippen LogP contribution in [0, 0.1) is 0 Å². The molecule has 0 bridgehead atoms. The Balaban J connectivity index is 0. The summed E-state index contributed by atoms with van der Waals surface area (Å²) in [4.78, 5) is 21.6. The lowest BCUT2D eigenvalue weighted by Gasteiger charge is -2.05. The van der Waals surface area contributed by atoms with Gasteiger partial charge in [0.15, 0.2) is 0 Å². The second-order valence-electron chi connectivity index (χ2n) is 7.37. The van der Waals surface area contributed by atoms with E-state index in [9.17, 15) is 0 Å². The molecule has 0 heterocycles. The fourth-order valence-corrected chi connectivity index (χ4v) is 2.90. The van der Waals surface area contributed by atoms with E-state index in [-0.39, 0.29) is 0 Å². The predicted molar refractivity (Wildman–Crippen MR) is 115 cm³/mol. The van der Waals surface area contributed by atoms with Crippen molar-refractivity contribution in [2.45, 2.75) is 117 Å². The van der Waals surface area contributed by atoms with E-state index < -0.39 is 7.82 Å². The molecule has 0 aromatic carbocycles. The molecule has 0 atom stereocenters. The van der Waals surface area contributed by atoms with E-state index in [4.69, 9.17) is 24.0 Å². The molecule has 6 heteroatoms. The van der Waals surface area contributed by atoms with Gasteiger partial charge in [-0.1, -0.05) is 110 Å². The third-order valence-electron chi connectivity index (χ3n) is 4.35. The number of hydrogen-bond donors (Lipinski definition) is 3. The molecule has 0 aromatic heterocycles. The highest BCUT2D eigenvalue weighted by molar-refractivity contribution is 7.45. The van der Waals surface area contributed by atoms with Gasteiger partial charge in [0.25, 0.3) is 0 Å². The van der Waals surface area contributed by atoms with Gasteiger partial charge in [-0.25, -0.2) is 4.57 Å². The average molecular weight is 409 g/mol. The summed E-state index contributed by atoms with van der Waals surface area (Å²) >= 11 is 0. The summed E-state index contributed by atoms with van der Waals surface area (Å²) in [5.41, 5.74) is 0. The zero-order chi connectivity index (χ0) is 20.8. The zero-order valence-electron chi connectivity index (χ0n) is 17.8. The third-order valence-corrected chi connectivity index (χ3v) is 4.35. The lowest BCUT2D eigenvalue weighted by atomic mass is 10.0. The third kappa shape index (κ3) is 41.2. The van der Waals surface area contributed by atoms with Crippen LogP contribution in [0.1, 0.15) is 117 Å². The van der Waals surface area contributed by atoms with Crippen LogP contribution in [0.4, 0.5) is 0 Å². The standard InChI is InChI=1S/C21H42O.H3O4P/c1-4-5-6-7-8-9-10-11-12-13-14-15-16-17-18-19-20-22-21(2)3;1-5(2,3)4/h2,4-20H2,1,3H3;(H3,1,2,3,4). The molecule has 0 aliphatic carbocycles. The number of rotatable bonds is 18. The van der Waals surface area contributed by atoms with Gasteiger partial charge in [0.05, 0.1) is 12.4 Å². The Morgan fingerprint density at radius 3 is 1.22 bits per heavy atom. The van der Waals surface area contributed by atoms with Gasteiger partial charge in [0, 0.05) is 0 Å². The first kappa shape index (κ1) is 28.9. The molecule has 5 nitrogen and oxygen atoms in total. The minimum Gasteiger partial charge on any atom is -0.499 e. The van der Waals surface area contributed by atoms with Gasteiger partial charge in [-0.2, -0.15) is 0 Å². The Morgan fingerprint density at radius 1 is 0.704 bits per heavy atom. The van der Waals surface area contributed by atoms with Crippen LogP contribution in [0.15, 0.2) is 12.3 Å². The topological polar surface area (TPSA) is 87.0 Å². The minimum atomic E-state index is -4.64. The SMILES string of the molecule is C=C(C)OCCCCCCCCCCCCCCCCCC.O=P(O)(O)O. The molecule has 0 amide bonds. The summed E-state index contributed by atoms with van der Waals surface area (Å²) in [6.45, 7) is 8.81. The number of ether oxygens (including phenoxy) is 1. The van der Waals surface area contributed by atoms with Crippen molar-refractivity contribution in [2.24, 2.45) is 0 Å². The second-order valence-corrected chi connectivity index (χ2v) is 8.39. The molecule has 0 aliphatic heterocycles. The monoisotopic (exact) mass is 408 g/mol. The lowest BCUT2D eigenvalue weighted by molar-refractivity contribution is 0.208. The highest BCUT2D eigenvalue weighted by Gasteiger charge is 2.00. The van der Waals surface area contributed by atoms with Gasteiger partial charge in [-0.3, -0.25) is 0 Å². The molecule has 164 valence electrons. The molecule has 0 aromatic rings. The van der Waals surface area contributed by atoms with Crippen molar-refractivity contribution in [3.8, 4) is 0 Å². The highest BCUT2D eigenvalue weighted by atomic mass is 31.2. The van der Waals surface area contributed by atoms with E-state index in [0.29, 0.717) is 0 Å². The van der Waals surface area contributed by atoms with E-state index in [0.717, 1.165) is 12.4 Å². The number of unbranched alkanes of at least 4 members (excludes halogenated alkanes) is 15. The van der Waals surface area contributed by atoms with Gasteiger partial charge in [0.1, 0.15) is 0 Å². The summed E-state index contributed by atoms with van der Waals surface area (Å²) in [5.74, 6) is 0.848. The van der Waals surface area contributed by atoms with E-state index in [1.54, 1.807) is 0 Å². The van der Waals surface area contributed by atoms with Crippen molar-refractivity contribution in [3.05, 3.63) is 12.3 Å². The molecule has 0 aliphatic rings. The molecule has 0 saturated carbocycles. The van der Waals surface area contributed by atoms with Crippen molar-refractivity contribution < 1.29 is 24.0 Å². The molecular weight excluding hydrogens is 363 g/mol. The number of phosphoric acid groups is 1. The maximum absolute atomic E-state index is 8.88. The van der Waals surface area contributed by atoms with E-state index >= 15 is 0 Å². The average Bonchev–Trinajstić information content (AvgIpc) is 2.56. The molecule has 0 unspecified atom stereocenters. The first-order chi connectivity index (χ1) is 12.8. The quantitative estimate of drug-likeness (QED) is 0.131. The van der Waals surface area contributed by atoms with E-state index in [1.165, 1.54) is 103 Å². The largest absolute Gasteiger partial charge is 0.499 e. The first-order valence-electron chi connectivity index (χ1n) is 10.8. The van der Waals surface area contributed by atoms with Gasteiger partial charge in [0.2, 0.25) is 0 Å². The smallest absolute Gasteiger partial charge is 0.466 e. The number of hydrogen-bond acceptors (Lipinski definition) is 2. The van der Waals surface area contributed by atoms with Crippen LogP contribution in [0.3, 0.4) is 0 Å². The summed E-state index contributed by atoms with van der Waals surface area (Å²) in [5, 5.41) is 0. The molecule has 27 heavy (non-hydrogen) atoms. The Kier molecular flexibility index (Phi) is 23.5. The fraction of sp³-hybridized carbons (Fsp3) is 0.905. The summed E-state index contributed by atoms with van der Waals surface area (Å²) in [6.07, 6.45) is 22.6. The van der Waals surface area contributed by atoms with Gasteiger partial charge in [-0.15, -0.1) is 0 Å². The minimum absolute atomic E-state index is 0.848. The second kappa shape index (κ2) is 21.9. The van der Waals surface area contributed by atoms with Crippen LogP contribution in [-0.2, 0) is 9.30 Å². The van der Waals surface area contributed by atoms with Crippen molar-refractivity contribution in [3.63, 3.8) is 0 Å². The lowest BCUT2D eigenvalue weighted by Crippen LogP contribution is -1.91. The Morgan fingerprint density at radius 2 is 0.963 bits per heavy atom. The van der Waals surface area contributed by atoms with Crippen LogP contribution >= 0.6 is 7.82 Å². The maximum Gasteiger partial charge on any atom is 0.466 e. The van der Waals surface area contributed by atoms with Gasteiger partial charge in [-0.05, 0) is 13.3 Å². The van der Waals surface area contributed by atoms with Gasteiger partial charge >= 0.3 is 7.82 Å². The summed E-state index contributed by atoms with van der Waals surface area (Å²) in [6, 6.07) is 0. The number of allylic oxidation sites excluding steroid dienone is 1. The van der Waals surface area contributed by atoms with Gasteiger partial charge < -0.3 is 19.4 Å². The Labute approximate surface area is 167 Å². The van der Waals surface area contributed by atoms with Crippen LogP contribution in [0.5, 0.6) is 0 Å². The van der Waals surface area contributed by atoms with Crippen LogP contribution in [0.25, 0.3) is 0 Å². The molecule has 3 N–H and O–H groups in total. The van der Waals surface area contributed by atoms with E-state index in [2.05, 4.69) is 13.5 Å². The normalized spacial score (nSPS) is 11.0. The van der Waals surface area contributed by atoms with Crippen molar-refractivity contribution in [2.75, 3.05) is 6.61 Å². The Hall–Kier alpha value is -0.350. The fourth-order valence-electron chi connectivity index (χ4n) is 2.90. The molecule has 0 saturated heterocycles. The van der Waals surface area contributed by atoms with E-state index in [1.807, 2.05) is 6.92 Å². The summed E-state index contributed by atoms with van der Waals surface area (Å²) < 4.78 is 14.2. The molecule has 0 radical (unpaired) electrons. The molecule has 0 rings (SSSR count). The van der Waals surface area contributed by atoms with Crippen LogP contribution in [-0.4, -0.2) is 21.3 Å². The maximum atomic E-state index is 8.88. The van der Waals surface area contributed by atoms with Crippen molar-refractivity contribution in [1.29, 1.82) is 0 Å². The zero-order valence-corrected chi connectivity index (χ0v) is 18.7. The van der Waals surface area contributed by atoms with Crippen molar-refractivity contribution in [1.82, 2.24) is 0 Å². The van der Waals surface area contributed by atoms with Crippen molar-refractivity contribution >= 4 is 7.82 Å². The predicted octanol–water partition coefficient (Wildman–Crippen LogP) is 6.87. The molecule has 0 spiro atoms. The Bertz CT molecular complexity index is 346. The molecular formula is C21H45O5P. The molecule has 0 fully saturated rings. The highest BCUT2D eigenvalue weighted by Crippen LogP contribution is 2.25. The van der Waals surface area contributed by atoms with Crippen LogP contribution < -0.4 is 0 Å². The summed E-state index contributed by atoms with van der Waals surface area (Å²) in [7, 11) is -4.64.